The fraction of sp³-hybridized carbons (Fsp3) is 0.100. The molecule has 3 rings (SSSR count). The molecule has 0 radical (unpaired) electrons. The molecule has 0 bridgehead atoms. The molecule has 0 spiro atoms. The van der Waals surface area contributed by atoms with E-state index in [-0.39, 0.29) is 4.90 Å². The molecule has 2 N–H and O–H groups in total. The van der Waals surface area contributed by atoms with Gasteiger partial charge >= 0.3 is 0 Å². The van der Waals surface area contributed by atoms with Crippen molar-refractivity contribution in [2.45, 2.75) is 4.90 Å². The SMILES string of the molecule is CN(C)c1ccc(-c2cccc(S(N)(=O)=O)c2-c2ccccc2)cc1. The minimum Gasteiger partial charge on any atom is -0.378 e. The van der Waals surface area contributed by atoms with Gasteiger partial charge in [0.25, 0.3) is 0 Å². The van der Waals surface area contributed by atoms with Crippen molar-refractivity contribution in [3.63, 3.8) is 0 Å². The van der Waals surface area contributed by atoms with Gasteiger partial charge in [0.15, 0.2) is 0 Å². The quantitative estimate of drug-likeness (QED) is 0.778. The van der Waals surface area contributed by atoms with Crippen LogP contribution in [0.2, 0.25) is 0 Å². The monoisotopic (exact) mass is 352 g/mol. The molecule has 0 unspecified atom stereocenters. The van der Waals surface area contributed by atoms with Crippen LogP contribution in [0.3, 0.4) is 0 Å². The van der Waals surface area contributed by atoms with Gasteiger partial charge in [-0.05, 0) is 34.9 Å². The Morgan fingerprint density at radius 2 is 1.40 bits per heavy atom. The Kier molecular flexibility index (Phi) is 4.61. The van der Waals surface area contributed by atoms with Gasteiger partial charge in [0.05, 0.1) is 4.90 Å². The van der Waals surface area contributed by atoms with E-state index < -0.39 is 10.0 Å². The number of anilines is 1. The Balaban J connectivity index is 2.27. The molecule has 0 aliphatic rings. The average molecular weight is 352 g/mol. The van der Waals surface area contributed by atoms with Crippen LogP contribution in [0, 0.1) is 0 Å². The highest BCUT2D eigenvalue weighted by atomic mass is 32.2. The minimum absolute atomic E-state index is 0.132. The first-order valence-corrected chi connectivity index (χ1v) is 9.41. The zero-order valence-corrected chi connectivity index (χ0v) is 15.0. The van der Waals surface area contributed by atoms with E-state index in [0.717, 1.165) is 22.4 Å². The third-order valence-corrected chi connectivity index (χ3v) is 5.04. The molecule has 3 aromatic carbocycles. The fourth-order valence-electron chi connectivity index (χ4n) is 2.85. The second-order valence-corrected chi connectivity index (χ2v) is 7.56. The van der Waals surface area contributed by atoms with Crippen LogP contribution in [0.15, 0.2) is 77.7 Å². The number of hydrogen-bond acceptors (Lipinski definition) is 3. The predicted octanol–water partition coefficient (Wildman–Crippen LogP) is 3.73. The maximum atomic E-state index is 12.1. The molecule has 4 nitrogen and oxygen atoms in total. The van der Waals surface area contributed by atoms with Gasteiger partial charge in [0.1, 0.15) is 0 Å². The highest BCUT2D eigenvalue weighted by Gasteiger charge is 2.19. The molecule has 0 amide bonds. The summed E-state index contributed by atoms with van der Waals surface area (Å²) >= 11 is 0. The highest BCUT2D eigenvalue weighted by molar-refractivity contribution is 7.89. The predicted molar refractivity (Wildman–Crippen MR) is 103 cm³/mol. The Morgan fingerprint density at radius 3 is 1.96 bits per heavy atom. The summed E-state index contributed by atoms with van der Waals surface area (Å²) in [6, 6.07) is 22.6. The lowest BCUT2D eigenvalue weighted by atomic mass is 9.94. The van der Waals surface area contributed by atoms with Crippen molar-refractivity contribution in [1.29, 1.82) is 0 Å². The van der Waals surface area contributed by atoms with E-state index in [2.05, 4.69) is 0 Å². The summed E-state index contributed by atoms with van der Waals surface area (Å²) in [5.41, 5.74) is 4.30. The molecular formula is C20H20N2O2S. The highest BCUT2D eigenvalue weighted by Crippen LogP contribution is 2.37. The molecule has 5 heteroatoms. The zero-order chi connectivity index (χ0) is 18.0. The molecule has 0 fully saturated rings. The van der Waals surface area contributed by atoms with Crippen molar-refractivity contribution >= 4 is 15.7 Å². The van der Waals surface area contributed by atoms with Gasteiger partial charge in [-0.15, -0.1) is 0 Å². The van der Waals surface area contributed by atoms with E-state index in [4.69, 9.17) is 5.14 Å². The molecular weight excluding hydrogens is 332 g/mol. The minimum atomic E-state index is -3.84. The Bertz CT molecular complexity index is 980. The lowest BCUT2D eigenvalue weighted by Crippen LogP contribution is -2.14. The van der Waals surface area contributed by atoms with Crippen LogP contribution in [0.5, 0.6) is 0 Å². The van der Waals surface area contributed by atoms with E-state index in [1.807, 2.05) is 79.7 Å². The zero-order valence-electron chi connectivity index (χ0n) is 14.2. The van der Waals surface area contributed by atoms with Crippen LogP contribution < -0.4 is 10.0 Å². The second-order valence-electron chi connectivity index (χ2n) is 6.03. The molecule has 0 atom stereocenters. The van der Waals surface area contributed by atoms with Crippen LogP contribution in [-0.2, 0) is 10.0 Å². The Morgan fingerprint density at radius 1 is 0.760 bits per heavy atom. The normalized spacial score (nSPS) is 11.3. The number of nitrogens with zero attached hydrogens (tertiary/aromatic N) is 1. The standard InChI is InChI=1S/C20H20N2O2S/c1-22(2)17-13-11-15(12-14-17)18-9-6-10-19(25(21,23)24)20(18)16-7-4-3-5-8-16/h3-14H,1-2H3,(H2,21,23,24). The number of sulfonamides is 1. The number of rotatable bonds is 4. The first-order valence-electron chi connectivity index (χ1n) is 7.87. The van der Waals surface area contributed by atoms with Crippen molar-refractivity contribution < 1.29 is 8.42 Å². The number of primary sulfonamides is 1. The first-order chi connectivity index (χ1) is 11.9. The summed E-state index contributed by atoms with van der Waals surface area (Å²) in [6.07, 6.45) is 0. The van der Waals surface area contributed by atoms with Crippen molar-refractivity contribution in [2.75, 3.05) is 19.0 Å². The molecule has 0 aromatic heterocycles. The third-order valence-electron chi connectivity index (χ3n) is 4.09. The molecule has 0 aliphatic heterocycles. The number of nitrogens with two attached hydrogens (primary N) is 1. The van der Waals surface area contributed by atoms with Gasteiger partial charge < -0.3 is 4.90 Å². The molecule has 3 aromatic rings. The van der Waals surface area contributed by atoms with E-state index in [1.165, 1.54) is 0 Å². The van der Waals surface area contributed by atoms with Crippen LogP contribution in [0.25, 0.3) is 22.3 Å². The van der Waals surface area contributed by atoms with Crippen LogP contribution in [-0.4, -0.2) is 22.5 Å². The Labute approximate surface area is 148 Å². The lowest BCUT2D eigenvalue weighted by molar-refractivity contribution is 0.598. The van der Waals surface area contributed by atoms with E-state index in [0.29, 0.717) is 5.56 Å². The van der Waals surface area contributed by atoms with Gasteiger partial charge in [-0.2, -0.15) is 0 Å². The van der Waals surface area contributed by atoms with Gasteiger partial charge in [0.2, 0.25) is 10.0 Å². The topological polar surface area (TPSA) is 63.4 Å². The van der Waals surface area contributed by atoms with Gasteiger partial charge in [-0.25, -0.2) is 13.6 Å². The van der Waals surface area contributed by atoms with Crippen molar-refractivity contribution in [2.24, 2.45) is 5.14 Å². The first kappa shape index (κ1) is 17.2. The van der Waals surface area contributed by atoms with Gasteiger partial charge in [-0.3, -0.25) is 0 Å². The number of hydrogen-bond donors (Lipinski definition) is 1. The smallest absolute Gasteiger partial charge is 0.238 e. The summed E-state index contributed by atoms with van der Waals surface area (Å²) in [4.78, 5) is 2.15. The summed E-state index contributed by atoms with van der Waals surface area (Å²) in [5, 5.41) is 5.47. The van der Waals surface area contributed by atoms with E-state index in [9.17, 15) is 8.42 Å². The second kappa shape index (κ2) is 6.70. The summed E-state index contributed by atoms with van der Waals surface area (Å²) < 4.78 is 24.3. The lowest BCUT2D eigenvalue weighted by Gasteiger charge is -2.16. The fourth-order valence-corrected chi connectivity index (χ4v) is 3.63. The third kappa shape index (κ3) is 3.57. The largest absolute Gasteiger partial charge is 0.378 e. The molecule has 0 saturated carbocycles. The van der Waals surface area contributed by atoms with Crippen LogP contribution in [0.1, 0.15) is 0 Å². The maximum absolute atomic E-state index is 12.1. The summed E-state index contributed by atoms with van der Waals surface area (Å²) in [5.74, 6) is 0. The molecule has 128 valence electrons. The average Bonchev–Trinajstić information content (AvgIpc) is 2.61. The number of benzene rings is 3. The van der Waals surface area contributed by atoms with Crippen LogP contribution >= 0.6 is 0 Å². The summed E-state index contributed by atoms with van der Waals surface area (Å²) in [6.45, 7) is 0. The maximum Gasteiger partial charge on any atom is 0.238 e. The van der Waals surface area contributed by atoms with E-state index >= 15 is 0 Å². The van der Waals surface area contributed by atoms with Gasteiger partial charge in [-0.1, -0.05) is 54.6 Å². The van der Waals surface area contributed by atoms with Crippen molar-refractivity contribution in [1.82, 2.24) is 0 Å². The van der Waals surface area contributed by atoms with Crippen molar-refractivity contribution in [3.05, 3.63) is 72.8 Å². The van der Waals surface area contributed by atoms with Gasteiger partial charge in [0, 0.05) is 25.3 Å². The molecule has 0 heterocycles. The Hall–Kier alpha value is -2.63. The molecule has 25 heavy (non-hydrogen) atoms. The van der Waals surface area contributed by atoms with Crippen molar-refractivity contribution in [3.8, 4) is 22.3 Å². The molecule has 0 aliphatic carbocycles. The van der Waals surface area contributed by atoms with Crippen LogP contribution in [0.4, 0.5) is 5.69 Å². The van der Waals surface area contributed by atoms with E-state index in [1.54, 1.807) is 12.1 Å². The molecule has 0 saturated heterocycles. The summed E-state index contributed by atoms with van der Waals surface area (Å²) in [7, 11) is 0.114.